The molecule has 0 radical (unpaired) electrons. The minimum Gasteiger partial charge on any atom is -0.333 e. The van der Waals surface area contributed by atoms with Crippen molar-refractivity contribution in [3.8, 4) is 0 Å². The van der Waals surface area contributed by atoms with Gasteiger partial charge in [-0.05, 0) is 0 Å². The average Bonchev–Trinajstić information content (AvgIpc) is 2.95. The number of carbonyl (C=O) groups is 2. The summed E-state index contributed by atoms with van der Waals surface area (Å²) < 4.78 is 37.1. The van der Waals surface area contributed by atoms with E-state index < -0.39 is 30.5 Å². The van der Waals surface area contributed by atoms with Gasteiger partial charge in [-0.15, -0.1) is 11.3 Å². The predicted octanol–water partition coefficient (Wildman–Crippen LogP) is 2.79. The van der Waals surface area contributed by atoms with Gasteiger partial charge in [0.05, 0.1) is 11.6 Å². The first kappa shape index (κ1) is 17.7. The number of nitrogens with one attached hydrogen (secondary N) is 1. The zero-order chi connectivity index (χ0) is 17.4. The van der Waals surface area contributed by atoms with Crippen LogP contribution in [0, 0.1) is 5.92 Å². The first-order chi connectivity index (χ1) is 10.5. The Morgan fingerprint density at radius 1 is 1.43 bits per heavy atom. The van der Waals surface area contributed by atoms with E-state index in [1.54, 1.807) is 0 Å². The van der Waals surface area contributed by atoms with Crippen LogP contribution >= 0.6 is 11.3 Å². The summed E-state index contributed by atoms with van der Waals surface area (Å²) in [5.41, 5.74) is 0.658. The van der Waals surface area contributed by atoms with Crippen LogP contribution < -0.4 is 5.32 Å². The van der Waals surface area contributed by atoms with Crippen LogP contribution in [-0.4, -0.2) is 41.0 Å². The summed E-state index contributed by atoms with van der Waals surface area (Å²) in [6.07, 6.45) is -4.67. The van der Waals surface area contributed by atoms with Gasteiger partial charge in [0, 0.05) is 23.8 Å². The van der Waals surface area contributed by atoms with E-state index in [9.17, 15) is 22.8 Å². The van der Waals surface area contributed by atoms with Gasteiger partial charge in [0.2, 0.25) is 11.8 Å². The fourth-order valence-corrected chi connectivity index (χ4v) is 3.14. The number of carbonyl (C=O) groups excluding carboxylic acids is 2. The van der Waals surface area contributed by atoms with Gasteiger partial charge >= 0.3 is 6.18 Å². The maximum Gasteiger partial charge on any atom is 0.406 e. The molecule has 1 fully saturated rings. The molecule has 1 aromatic rings. The van der Waals surface area contributed by atoms with E-state index in [-0.39, 0.29) is 18.4 Å². The lowest BCUT2D eigenvalue weighted by Gasteiger charge is -2.18. The molecule has 1 aliphatic heterocycles. The van der Waals surface area contributed by atoms with Crippen molar-refractivity contribution in [1.29, 1.82) is 0 Å². The fraction of sp³-hybridized carbons (Fsp3) is 0.643. The molecular formula is C14H18F3N3O2S. The van der Waals surface area contributed by atoms with Crippen LogP contribution in [0.5, 0.6) is 0 Å². The monoisotopic (exact) mass is 349 g/mol. The summed E-state index contributed by atoms with van der Waals surface area (Å²) in [6.45, 7) is 4.41. The van der Waals surface area contributed by atoms with Crippen molar-refractivity contribution in [2.45, 2.75) is 38.8 Å². The van der Waals surface area contributed by atoms with E-state index in [4.69, 9.17) is 0 Å². The van der Waals surface area contributed by atoms with Crippen molar-refractivity contribution in [3.63, 3.8) is 0 Å². The van der Waals surface area contributed by atoms with Gasteiger partial charge < -0.3 is 10.2 Å². The Morgan fingerprint density at radius 3 is 2.61 bits per heavy atom. The highest BCUT2D eigenvalue weighted by molar-refractivity contribution is 7.13. The van der Waals surface area contributed by atoms with Crippen LogP contribution in [-0.2, 0) is 15.0 Å². The highest BCUT2D eigenvalue weighted by Gasteiger charge is 2.40. The van der Waals surface area contributed by atoms with Gasteiger partial charge in [0.1, 0.15) is 6.54 Å². The Labute approximate surface area is 135 Å². The molecule has 2 amide bonds. The van der Waals surface area contributed by atoms with Crippen LogP contribution in [0.4, 0.5) is 18.3 Å². The number of nitrogens with zero attached hydrogens (tertiary/aromatic N) is 2. The van der Waals surface area contributed by atoms with Gasteiger partial charge in [-0.25, -0.2) is 4.98 Å². The lowest BCUT2D eigenvalue weighted by Crippen LogP contribution is -2.36. The molecule has 9 heteroatoms. The number of aromatic nitrogens is 1. The number of thiazole rings is 1. The molecule has 1 N–H and O–H groups in total. The molecule has 2 rings (SSSR count). The second-order valence-corrected chi connectivity index (χ2v) is 7.43. The number of hydrogen-bond acceptors (Lipinski definition) is 4. The third-order valence-corrected chi connectivity index (χ3v) is 4.22. The summed E-state index contributed by atoms with van der Waals surface area (Å²) >= 11 is 1.25. The maximum absolute atomic E-state index is 12.4. The topological polar surface area (TPSA) is 62.3 Å². The summed E-state index contributed by atoms with van der Waals surface area (Å²) in [5.74, 6) is -1.92. The molecular weight excluding hydrogens is 331 g/mol. The molecule has 0 aliphatic carbocycles. The zero-order valence-corrected chi connectivity index (χ0v) is 13.8. The molecule has 1 aliphatic rings. The average molecular weight is 349 g/mol. The minimum absolute atomic E-state index is 0.160. The first-order valence-electron chi connectivity index (χ1n) is 7.07. The van der Waals surface area contributed by atoms with Gasteiger partial charge in [0.15, 0.2) is 5.13 Å². The molecule has 5 nitrogen and oxygen atoms in total. The first-order valence-corrected chi connectivity index (χ1v) is 7.95. The van der Waals surface area contributed by atoms with Crippen LogP contribution in [0.1, 0.15) is 32.9 Å². The summed E-state index contributed by atoms with van der Waals surface area (Å²) in [5, 5.41) is 4.80. The van der Waals surface area contributed by atoms with Crippen LogP contribution in [0.15, 0.2) is 5.38 Å². The number of halogens is 3. The third kappa shape index (κ3) is 4.66. The summed E-state index contributed by atoms with van der Waals surface area (Å²) in [7, 11) is 0. The Hall–Kier alpha value is -1.64. The van der Waals surface area contributed by atoms with Crippen molar-refractivity contribution in [2.24, 2.45) is 5.92 Å². The molecule has 1 aromatic heterocycles. The number of alkyl halides is 3. The summed E-state index contributed by atoms with van der Waals surface area (Å²) in [6, 6.07) is 0. The highest BCUT2D eigenvalue weighted by Crippen LogP contribution is 2.28. The molecule has 1 saturated heterocycles. The Morgan fingerprint density at radius 2 is 2.09 bits per heavy atom. The van der Waals surface area contributed by atoms with Gasteiger partial charge in [0.25, 0.3) is 0 Å². The largest absolute Gasteiger partial charge is 0.406 e. The summed E-state index contributed by atoms with van der Waals surface area (Å²) in [4.78, 5) is 28.7. The Kier molecular flexibility index (Phi) is 4.70. The second kappa shape index (κ2) is 6.10. The maximum atomic E-state index is 12.4. The number of likely N-dealkylation sites (tertiary alicyclic amines) is 1. The second-order valence-electron chi connectivity index (χ2n) is 6.57. The molecule has 23 heavy (non-hydrogen) atoms. The lowest BCUT2D eigenvalue weighted by molar-refractivity contribution is -0.157. The predicted molar refractivity (Wildman–Crippen MR) is 80.2 cm³/mol. The number of hydrogen-bond donors (Lipinski definition) is 1. The van der Waals surface area contributed by atoms with Gasteiger partial charge in [-0.3, -0.25) is 9.59 Å². The molecule has 128 valence electrons. The van der Waals surface area contributed by atoms with Crippen LogP contribution in [0.25, 0.3) is 0 Å². The van der Waals surface area contributed by atoms with Crippen molar-refractivity contribution < 1.29 is 22.8 Å². The highest BCUT2D eigenvalue weighted by atomic mass is 32.1. The molecule has 2 heterocycles. The van der Waals surface area contributed by atoms with Gasteiger partial charge in [-0.2, -0.15) is 13.2 Å². The van der Waals surface area contributed by atoms with E-state index in [0.717, 1.165) is 5.69 Å². The van der Waals surface area contributed by atoms with Crippen molar-refractivity contribution in [2.75, 3.05) is 18.4 Å². The van der Waals surface area contributed by atoms with E-state index in [0.29, 0.717) is 10.0 Å². The number of rotatable bonds is 3. The SMILES string of the molecule is CC(C)(C)c1csc(NC(=O)[C@H]2CC(=O)N(CC(F)(F)F)C2)n1. The lowest BCUT2D eigenvalue weighted by atomic mass is 9.93. The standard InChI is InChI=1S/C14H18F3N3O2S/c1-13(2,3)9-6-23-12(18-9)19-11(22)8-4-10(21)20(5-8)7-14(15,16)17/h6,8H,4-5,7H2,1-3H3,(H,18,19,22)/t8-/m0/s1. The van der Waals surface area contributed by atoms with Crippen molar-refractivity contribution in [1.82, 2.24) is 9.88 Å². The number of amides is 2. The number of anilines is 1. The normalized spacial score (nSPS) is 19.3. The molecule has 0 saturated carbocycles. The fourth-order valence-electron chi connectivity index (χ4n) is 2.20. The van der Waals surface area contributed by atoms with E-state index >= 15 is 0 Å². The van der Waals surface area contributed by atoms with Gasteiger partial charge in [-0.1, -0.05) is 20.8 Å². The molecule has 1 atom stereocenters. The van der Waals surface area contributed by atoms with E-state index in [1.165, 1.54) is 11.3 Å². The molecule has 0 aromatic carbocycles. The van der Waals surface area contributed by atoms with Crippen molar-refractivity contribution >= 4 is 28.3 Å². The Balaban J connectivity index is 1.97. The van der Waals surface area contributed by atoms with Crippen LogP contribution in [0.2, 0.25) is 0 Å². The third-order valence-electron chi connectivity index (χ3n) is 3.46. The smallest absolute Gasteiger partial charge is 0.333 e. The molecule has 0 spiro atoms. The zero-order valence-electron chi connectivity index (χ0n) is 13.0. The van der Waals surface area contributed by atoms with E-state index in [1.807, 2.05) is 26.2 Å². The molecule has 0 unspecified atom stereocenters. The Bertz CT molecular complexity index is 607. The van der Waals surface area contributed by atoms with Crippen molar-refractivity contribution in [3.05, 3.63) is 11.1 Å². The minimum atomic E-state index is -4.46. The van der Waals surface area contributed by atoms with E-state index in [2.05, 4.69) is 10.3 Å². The molecule has 0 bridgehead atoms. The van der Waals surface area contributed by atoms with Crippen LogP contribution in [0.3, 0.4) is 0 Å². The quantitative estimate of drug-likeness (QED) is 0.913.